The van der Waals surface area contributed by atoms with Gasteiger partial charge in [0.15, 0.2) is 11.2 Å². The molecule has 3 rings (SSSR count). The average Bonchev–Trinajstić information content (AvgIpc) is 2.83. The maximum absolute atomic E-state index is 13.0. The van der Waals surface area contributed by atoms with Crippen molar-refractivity contribution in [2.75, 3.05) is 27.9 Å². The van der Waals surface area contributed by atoms with Crippen LogP contribution in [0.25, 0.3) is 0 Å². The quantitative estimate of drug-likeness (QED) is 0.369. The summed E-state index contributed by atoms with van der Waals surface area (Å²) in [6.45, 7) is 2.00. The molecular formula is C25H28O7. The molecule has 0 aliphatic carbocycles. The molecule has 7 heteroatoms. The number of methoxy groups -OCH3 is 3. The van der Waals surface area contributed by atoms with E-state index in [9.17, 15) is 14.4 Å². The SMILES string of the molecule is COC(=O)C1(C(=O)OC)C[C@@H](c2ccc(C)cc2)OC[C@H]1CC(=O)c1ccc(OC)cc1. The van der Waals surface area contributed by atoms with Crippen LogP contribution in [-0.2, 0) is 23.8 Å². The molecule has 0 unspecified atom stereocenters. The van der Waals surface area contributed by atoms with Crippen LogP contribution < -0.4 is 4.74 Å². The number of ketones is 1. The second-order valence-corrected chi connectivity index (χ2v) is 7.94. The van der Waals surface area contributed by atoms with Crippen LogP contribution in [0.15, 0.2) is 48.5 Å². The van der Waals surface area contributed by atoms with Gasteiger partial charge in [0.25, 0.3) is 0 Å². The van der Waals surface area contributed by atoms with Gasteiger partial charge in [-0.05, 0) is 36.8 Å². The molecule has 0 spiro atoms. The molecule has 0 saturated carbocycles. The number of carbonyl (C=O) groups excluding carboxylic acids is 3. The van der Waals surface area contributed by atoms with Crippen LogP contribution >= 0.6 is 0 Å². The lowest BCUT2D eigenvalue weighted by Crippen LogP contribution is -2.53. The van der Waals surface area contributed by atoms with Gasteiger partial charge in [-0.15, -0.1) is 0 Å². The Morgan fingerprint density at radius 1 is 0.938 bits per heavy atom. The molecule has 1 fully saturated rings. The summed E-state index contributed by atoms with van der Waals surface area (Å²) in [4.78, 5) is 39.1. The molecule has 0 bridgehead atoms. The highest BCUT2D eigenvalue weighted by atomic mass is 16.5. The zero-order chi connectivity index (χ0) is 23.3. The lowest BCUT2D eigenvalue weighted by Gasteiger charge is -2.42. The summed E-state index contributed by atoms with van der Waals surface area (Å²) in [6, 6.07) is 14.4. The summed E-state index contributed by atoms with van der Waals surface area (Å²) in [6.07, 6.45) is -0.561. The van der Waals surface area contributed by atoms with Crippen LogP contribution in [0.5, 0.6) is 5.75 Å². The Kier molecular flexibility index (Phi) is 7.30. The lowest BCUT2D eigenvalue weighted by molar-refractivity contribution is -0.189. The molecule has 0 radical (unpaired) electrons. The molecule has 32 heavy (non-hydrogen) atoms. The molecule has 0 N–H and O–H groups in total. The minimum Gasteiger partial charge on any atom is -0.497 e. The van der Waals surface area contributed by atoms with Gasteiger partial charge in [-0.2, -0.15) is 0 Å². The lowest BCUT2D eigenvalue weighted by atomic mass is 9.67. The van der Waals surface area contributed by atoms with Gasteiger partial charge in [0.2, 0.25) is 0 Å². The first kappa shape index (κ1) is 23.5. The number of hydrogen-bond acceptors (Lipinski definition) is 7. The monoisotopic (exact) mass is 440 g/mol. The van der Waals surface area contributed by atoms with Crippen molar-refractivity contribution in [3.8, 4) is 5.75 Å². The molecule has 2 aromatic rings. The third-order valence-corrected chi connectivity index (χ3v) is 6.10. The van der Waals surface area contributed by atoms with E-state index in [4.69, 9.17) is 18.9 Å². The molecular weight excluding hydrogens is 412 g/mol. The van der Waals surface area contributed by atoms with Gasteiger partial charge in [-0.3, -0.25) is 14.4 Å². The summed E-state index contributed by atoms with van der Waals surface area (Å²) < 4.78 is 21.3. The van der Waals surface area contributed by atoms with Crippen LogP contribution in [0.3, 0.4) is 0 Å². The fourth-order valence-corrected chi connectivity index (χ4v) is 4.19. The number of aryl methyl sites for hydroxylation is 1. The average molecular weight is 440 g/mol. The third kappa shape index (κ3) is 4.53. The van der Waals surface area contributed by atoms with E-state index in [1.807, 2.05) is 31.2 Å². The van der Waals surface area contributed by atoms with Crippen molar-refractivity contribution in [3.05, 3.63) is 65.2 Å². The molecule has 1 heterocycles. The zero-order valence-corrected chi connectivity index (χ0v) is 18.8. The molecule has 1 saturated heterocycles. The summed E-state index contributed by atoms with van der Waals surface area (Å²) in [7, 11) is 4.00. The van der Waals surface area contributed by atoms with E-state index in [1.165, 1.54) is 14.2 Å². The Bertz CT molecular complexity index is 947. The summed E-state index contributed by atoms with van der Waals surface area (Å²) in [5.74, 6) is -1.78. The normalized spacial score (nSPS) is 19.6. The van der Waals surface area contributed by atoms with E-state index in [0.717, 1.165) is 11.1 Å². The molecule has 170 valence electrons. The number of ether oxygens (including phenoxy) is 4. The predicted octanol–water partition coefficient (Wildman–Crippen LogP) is 3.69. The number of esters is 2. The van der Waals surface area contributed by atoms with E-state index in [2.05, 4.69) is 0 Å². The minimum absolute atomic E-state index is 0.0238. The van der Waals surface area contributed by atoms with E-state index < -0.39 is 29.4 Å². The van der Waals surface area contributed by atoms with Crippen molar-refractivity contribution in [3.63, 3.8) is 0 Å². The molecule has 0 amide bonds. The summed E-state index contributed by atoms with van der Waals surface area (Å²) in [5.41, 5.74) is 0.724. The van der Waals surface area contributed by atoms with Crippen LogP contribution in [0.2, 0.25) is 0 Å². The van der Waals surface area contributed by atoms with Crippen molar-refractivity contribution < 1.29 is 33.3 Å². The van der Waals surface area contributed by atoms with Crippen LogP contribution in [0.1, 0.15) is 40.4 Å². The van der Waals surface area contributed by atoms with E-state index in [-0.39, 0.29) is 25.2 Å². The maximum atomic E-state index is 13.0. The first-order valence-electron chi connectivity index (χ1n) is 10.4. The first-order chi connectivity index (χ1) is 15.3. The Balaban J connectivity index is 1.94. The minimum atomic E-state index is -1.65. The van der Waals surface area contributed by atoms with Gasteiger partial charge in [-0.25, -0.2) is 0 Å². The van der Waals surface area contributed by atoms with Crippen molar-refractivity contribution in [1.82, 2.24) is 0 Å². The molecule has 7 nitrogen and oxygen atoms in total. The van der Waals surface area contributed by atoms with Crippen molar-refractivity contribution >= 4 is 17.7 Å². The van der Waals surface area contributed by atoms with E-state index >= 15 is 0 Å². The first-order valence-corrected chi connectivity index (χ1v) is 10.4. The zero-order valence-electron chi connectivity index (χ0n) is 18.8. The van der Waals surface area contributed by atoms with E-state index in [0.29, 0.717) is 11.3 Å². The molecule has 2 atom stereocenters. The second-order valence-electron chi connectivity index (χ2n) is 7.94. The summed E-state index contributed by atoms with van der Waals surface area (Å²) >= 11 is 0. The molecule has 1 aliphatic rings. The van der Waals surface area contributed by atoms with E-state index in [1.54, 1.807) is 31.4 Å². The number of benzene rings is 2. The Hall–Kier alpha value is -3.19. The second kappa shape index (κ2) is 9.96. The summed E-state index contributed by atoms with van der Waals surface area (Å²) in [5, 5.41) is 0. The fourth-order valence-electron chi connectivity index (χ4n) is 4.19. The topological polar surface area (TPSA) is 88.1 Å². The number of rotatable bonds is 7. The van der Waals surface area contributed by atoms with Crippen molar-refractivity contribution in [1.29, 1.82) is 0 Å². The highest BCUT2D eigenvalue weighted by Crippen LogP contribution is 2.47. The van der Waals surface area contributed by atoms with Gasteiger partial charge in [0.05, 0.1) is 34.0 Å². The Morgan fingerprint density at radius 2 is 1.53 bits per heavy atom. The number of Topliss-reactive ketones (excluding diaryl/α,β-unsaturated/α-hetero) is 1. The molecule has 1 aliphatic heterocycles. The van der Waals surface area contributed by atoms with Gasteiger partial charge in [-0.1, -0.05) is 29.8 Å². The Labute approximate surface area is 187 Å². The third-order valence-electron chi connectivity index (χ3n) is 6.10. The highest BCUT2D eigenvalue weighted by Gasteiger charge is 2.58. The van der Waals surface area contributed by atoms with Gasteiger partial charge in [0.1, 0.15) is 5.75 Å². The maximum Gasteiger partial charge on any atom is 0.323 e. The molecule has 2 aromatic carbocycles. The van der Waals surface area contributed by atoms with Crippen LogP contribution in [0, 0.1) is 18.3 Å². The van der Waals surface area contributed by atoms with Crippen molar-refractivity contribution in [2.24, 2.45) is 11.3 Å². The van der Waals surface area contributed by atoms with Crippen molar-refractivity contribution in [2.45, 2.75) is 25.9 Å². The highest BCUT2D eigenvalue weighted by molar-refractivity contribution is 6.02. The van der Waals surface area contributed by atoms with Crippen LogP contribution in [-0.4, -0.2) is 45.7 Å². The number of hydrogen-bond donors (Lipinski definition) is 0. The largest absolute Gasteiger partial charge is 0.497 e. The van der Waals surface area contributed by atoms with Gasteiger partial charge < -0.3 is 18.9 Å². The van der Waals surface area contributed by atoms with Gasteiger partial charge in [0, 0.05) is 24.3 Å². The fraction of sp³-hybridized carbons (Fsp3) is 0.400. The standard InChI is InChI=1S/C25H28O7/c1-16-5-7-18(8-6-16)22-14-25(23(27)30-3,24(28)31-4)19(15-32-22)13-21(26)17-9-11-20(29-2)12-10-17/h5-12,19,22H,13-15H2,1-4H3/t19-,22+/m1/s1. The van der Waals surface area contributed by atoms with Crippen LogP contribution in [0.4, 0.5) is 0 Å². The Morgan fingerprint density at radius 3 is 2.06 bits per heavy atom. The molecule has 0 aromatic heterocycles. The van der Waals surface area contributed by atoms with Gasteiger partial charge >= 0.3 is 11.9 Å². The smallest absolute Gasteiger partial charge is 0.323 e. The number of carbonyl (C=O) groups is 3. The predicted molar refractivity (Wildman–Crippen MR) is 116 cm³/mol.